The van der Waals surface area contributed by atoms with Gasteiger partial charge in [-0.25, -0.2) is 0 Å². The topological polar surface area (TPSA) is 21.3 Å². The summed E-state index contributed by atoms with van der Waals surface area (Å²) in [6.07, 6.45) is 5.34. The van der Waals surface area contributed by atoms with Crippen LogP contribution in [0.4, 0.5) is 0 Å². The van der Waals surface area contributed by atoms with Gasteiger partial charge in [-0.15, -0.1) is 0 Å². The Labute approximate surface area is 146 Å². The number of allylic oxidation sites excluding steroid dienone is 1. The number of ether oxygens (including phenoxy) is 1. The zero-order valence-electron chi connectivity index (χ0n) is 15.0. The molecule has 1 N–H and O–H groups in total. The predicted octanol–water partition coefficient (Wildman–Crippen LogP) is 4.77. The first-order valence-corrected chi connectivity index (χ1v) is 8.73. The van der Waals surface area contributed by atoms with Crippen LogP contribution in [0.1, 0.15) is 31.4 Å². The van der Waals surface area contributed by atoms with Crippen molar-refractivity contribution < 1.29 is 4.74 Å². The minimum absolute atomic E-state index is 0.290. The van der Waals surface area contributed by atoms with Crippen LogP contribution in [0.15, 0.2) is 72.8 Å². The zero-order valence-corrected chi connectivity index (χ0v) is 15.0. The van der Waals surface area contributed by atoms with Gasteiger partial charge in [0.25, 0.3) is 0 Å². The summed E-state index contributed by atoms with van der Waals surface area (Å²) in [5, 5.41) is 3.57. The SMILES string of the molecule is CC=CCCNCC(C)C(OC)(c1ccccc1)c1ccccc1. The molecular formula is C22H29NO. The highest BCUT2D eigenvalue weighted by atomic mass is 16.5. The summed E-state index contributed by atoms with van der Waals surface area (Å²) in [4.78, 5) is 0. The van der Waals surface area contributed by atoms with Gasteiger partial charge in [-0.05, 0) is 31.0 Å². The van der Waals surface area contributed by atoms with Crippen LogP contribution >= 0.6 is 0 Å². The molecule has 0 aliphatic carbocycles. The normalized spacial score (nSPS) is 13.3. The van der Waals surface area contributed by atoms with Gasteiger partial charge in [0.05, 0.1) is 0 Å². The summed E-state index contributed by atoms with van der Waals surface area (Å²) in [5.41, 5.74) is 1.94. The molecule has 0 heterocycles. The first-order chi connectivity index (χ1) is 11.8. The van der Waals surface area contributed by atoms with Crippen molar-refractivity contribution in [2.75, 3.05) is 20.2 Å². The molecule has 1 unspecified atom stereocenters. The molecule has 0 saturated heterocycles. The number of hydrogen-bond acceptors (Lipinski definition) is 2. The first-order valence-electron chi connectivity index (χ1n) is 8.73. The van der Waals surface area contributed by atoms with E-state index in [1.165, 1.54) is 11.1 Å². The third-order valence-electron chi connectivity index (χ3n) is 4.60. The number of methoxy groups -OCH3 is 1. The highest BCUT2D eigenvalue weighted by molar-refractivity contribution is 5.37. The maximum Gasteiger partial charge on any atom is 0.121 e. The van der Waals surface area contributed by atoms with Crippen molar-refractivity contribution in [2.45, 2.75) is 25.9 Å². The minimum atomic E-state index is -0.448. The summed E-state index contributed by atoms with van der Waals surface area (Å²) in [7, 11) is 1.82. The Morgan fingerprint density at radius 3 is 2.00 bits per heavy atom. The molecule has 0 aliphatic rings. The second-order valence-corrected chi connectivity index (χ2v) is 6.13. The van der Waals surface area contributed by atoms with Crippen molar-refractivity contribution in [3.63, 3.8) is 0 Å². The summed E-state index contributed by atoms with van der Waals surface area (Å²) in [5.74, 6) is 0.290. The number of hydrogen-bond donors (Lipinski definition) is 1. The van der Waals surface area contributed by atoms with E-state index < -0.39 is 5.60 Å². The van der Waals surface area contributed by atoms with Crippen LogP contribution in [0, 0.1) is 5.92 Å². The molecule has 0 radical (unpaired) electrons. The van der Waals surface area contributed by atoms with Crippen LogP contribution in [-0.2, 0) is 10.3 Å². The van der Waals surface area contributed by atoms with Crippen molar-refractivity contribution in [3.8, 4) is 0 Å². The molecule has 0 amide bonds. The molecule has 0 saturated carbocycles. The third-order valence-corrected chi connectivity index (χ3v) is 4.60. The Hall–Kier alpha value is -1.90. The molecule has 2 heteroatoms. The lowest BCUT2D eigenvalue weighted by atomic mass is 9.76. The van der Waals surface area contributed by atoms with Gasteiger partial charge < -0.3 is 10.1 Å². The highest BCUT2D eigenvalue weighted by Gasteiger charge is 2.39. The van der Waals surface area contributed by atoms with Crippen molar-refractivity contribution in [2.24, 2.45) is 5.92 Å². The van der Waals surface area contributed by atoms with Crippen molar-refractivity contribution in [3.05, 3.63) is 83.9 Å². The third kappa shape index (κ3) is 4.14. The molecule has 0 aliphatic heterocycles. The fourth-order valence-corrected chi connectivity index (χ4v) is 3.36. The average molecular weight is 323 g/mol. The predicted molar refractivity (Wildman–Crippen MR) is 102 cm³/mol. The quantitative estimate of drug-likeness (QED) is 0.530. The van der Waals surface area contributed by atoms with Crippen LogP contribution in [0.5, 0.6) is 0 Å². The average Bonchev–Trinajstić information content (AvgIpc) is 2.64. The number of rotatable bonds is 9. The van der Waals surface area contributed by atoms with Gasteiger partial charge in [-0.1, -0.05) is 79.7 Å². The highest BCUT2D eigenvalue weighted by Crippen LogP contribution is 2.39. The maximum absolute atomic E-state index is 6.20. The molecule has 2 aromatic carbocycles. The van der Waals surface area contributed by atoms with E-state index in [1.807, 2.05) is 7.11 Å². The van der Waals surface area contributed by atoms with E-state index in [9.17, 15) is 0 Å². The van der Waals surface area contributed by atoms with Gasteiger partial charge in [0.1, 0.15) is 5.60 Å². The minimum Gasteiger partial charge on any atom is -0.368 e. The molecule has 1 atom stereocenters. The smallest absolute Gasteiger partial charge is 0.121 e. The lowest BCUT2D eigenvalue weighted by Crippen LogP contribution is -2.42. The largest absolute Gasteiger partial charge is 0.368 e. The first kappa shape index (κ1) is 18.4. The zero-order chi connectivity index (χ0) is 17.3. The Balaban J connectivity index is 2.29. The van der Waals surface area contributed by atoms with Crippen molar-refractivity contribution in [1.29, 1.82) is 0 Å². The van der Waals surface area contributed by atoms with Crippen molar-refractivity contribution >= 4 is 0 Å². The Bertz CT molecular complexity index is 567. The van der Waals surface area contributed by atoms with Crippen LogP contribution in [0.3, 0.4) is 0 Å². The monoisotopic (exact) mass is 323 g/mol. The van der Waals surface area contributed by atoms with E-state index in [2.05, 4.69) is 92.0 Å². The maximum atomic E-state index is 6.20. The molecule has 2 aromatic rings. The summed E-state index contributed by atoms with van der Waals surface area (Å²) < 4.78 is 6.20. The fraction of sp³-hybridized carbons (Fsp3) is 0.364. The van der Waals surface area contributed by atoms with Crippen LogP contribution in [-0.4, -0.2) is 20.2 Å². The molecule has 2 rings (SSSR count). The lowest BCUT2D eigenvalue weighted by Gasteiger charge is -2.39. The van der Waals surface area contributed by atoms with Gasteiger partial charge in [-0.3, -0.25) is 0 Å². The lowest BCUT2D eigenvalue weighted by molar-refractivity contribution is -0.0230. The van der Waals surface area contributed by atoms with Gasteiger partial charge in [0.15, 0.2) is 0 Å². The molecule has 0 spiro atoms. The van der Waals surface area contributed by atoms with E-state index in [4.69, 9.17) is 4.74 Å². The molecule has 128 valence electrons. The van der Waals surface area contributed by atoms with Crippen LogP contribution < -0.4 is 5.32 Å². The van der Waals surface area contributed by atoms with E-state index in [0.717, 1.165) is 19.5 Å². The number of benzene rings is 2. The fourth-order valence-electron chi connectivity index (χ4n) is 3.36. The second kappa shape index (κ2) is 9.41. The standard InChI is InChI=1S/C22H29NO/c1-4-5-12-17-23-18-19(2)22(24-3,20-13-8-6-9-14-20)21-15-10-7-11-16-21/h4-11,13-16,19,23H,12,17-18H2,1-3H3. The van der Waals surface area contributed by atoms with E-state index in [-0.39, 0.29) is 5.92 Å². The van der Waals surface area contributed by atoms with Crippen molar-refractivity contribution in [1.82, 2.24) is 5.32 Å². The van der Waals surface area contributed by atoms with Crippen LogP contribution in [0.2, 0.25) is 0 Å². The summed E-state index contributed by atoms with van der Waals surface area (Å²) >= 11 is 0. The van der Waals surface area contributed by atoms with E-state index >= 15 is 0 Å². The molecule has 0 bridgehead atoms. The number of nitrogens with one attached hydrogen (secondary N) is 1. The van der Waals surface area contributed by atoms with Gasteiger partial charge >= 0.3 is 0 Å². The summed E-state index contributed by atoms with van der Waals surface area (Å²) in [6, 6.07) is 21.1. The second-order valence-electron chi connectivity index (χ2n) is 6.13. The molecular weight excluding hydrogens is 294 g/mol. The summed E-state index contributed by atoms with van der Waals surface area (Å²) in [6.45, 7) is 6.20. The van der Waals surface area contributed by atoms with E-state index in [1.54, 1.807) is 0 Å². The molecule has 0 aromatic heterocycles. The molecule has 24 heavy (non-hydrogen) atoms. The molecule has 2 nitrogen and oxygen atoms in total. The molecule has 0 fully saturated rings. The van der Waals surface area contributed by atoms with E-state index in [0.29, 0.717) is 0 Å². The Kier molecular flexibility index (Phi) is 7.23. The van der Waals surface area contributed by atoms with Gasteiger partial charge in [0.2, 0.25) is 0 Å². The Morgan fingerprint density at radius 2 is 1.54 bits per heavy atom. The van der Waals surface area contributed by atoms with Gasteiger partial charge in [-0.2, -0.15) is 0 Å². The van der Waals surface area contributed by atoms with Gasteiger partial charge in [0, 0.05) is 19.6 Å². The van der Waals surface area contributed by atoms with Crippen LogP contribution in [0.25, 0.3) is 0 Å². The Morgan fingerprint density at radius 1 is 1.00 bits per heavy atom.